The number of carbonyl (C=O) groups excluding carboxylic acids is 1. The lowest BCUT2D eigenvalue weighted by Gasteiger charge is -2.31. The van der Waals surface area contributed by atoms with Crippen molar-refractivity contribution in [2.24, 2.45) is 5.92 Å². The van der Waals surface area contributed by atoms with E-state index in [0.29, 0.717) is 29.7 Å². The maximum Gasteiger partial charge on any atom is 0.334 e. The van der Waals surface area contributed by atoms with Crippen molar-refractivity contribution in [1.29, 1.82) is 0 Å². The molecule has 3 rings (SSSR count). The quantitative estimate of drug-likeness (QED) is 0.236. The van der Waals surface area contributed by atoms with E-state index in [1.165, 1.54) is 0 Å². The third-order valence-corrected chi connectivity index (χ3v) is 6.58. The molecule has 2 aromatic carbocycles. The van der Waals surface area contributed by atoms with Crippen LogP contribution >= 0.6 is 0 Å². The minimum atomic E-state index is -0.397. The first kappa shape index (κ1) is 25.4. The van der Waals surface area contributed by atoms with Crippen molar-refractivity contribution < 1.29 is 24.5 Å². The van der Waals surface area contributed by atoms with E-state index >= 15 is 0 Å². The zero-order valence-corrected chi connectivity index (χ0v) is 20.5. The molecule has 1 aliphatic carbocycles. The van der Waals surface area contributed by atoms with Crippen molar-refractivity contribution in [3.05, 3.63) is 76.9 Å². The summed E-state index contributed by atoms with van der Waals surface area (Å²) in [6.07, 6.45) is 7.10. The summed E-state index contributed by atoms with van der Waals surface area (Å²) in [6, 6.07) is 10.9. The van der Waals surface area contributed by atoms with Crippen LogP contribution in [0.25, 0.3) is 0 Å². The Morgan fingerprint density at radius 3 is 2.50 bits per heavy atom. The molecule has 182 valence electrons. The first-order valence-electron chi connectivity index (χ1n) is 12.1. The van der Waals surface area contributed by atoms with Crippen LogP contribution in [0.5, 0.6) is 17.2 Å². The van der Waals surface area contributed by atoms with E-state index in [1.54, 1.807) is 19.2 Å². The van der Waals surface area contributed by atoms with E-state index < -0.39 is 5.97 Å². The number of allylic oxidation sites excluding steroid dienone is 2. The molecule has 2 aromatic rings. The van der Waals surface area contributed by atoms with Gasteiger partial charge in [-0.2, -0.15) is 0 Å². The second-order valence-electron chi connectivity index (χ2n) is 9.10. The number of methoxy groups -OCH3 is 1. The summed E-state index contributed by atoms with van der Waals surface area (Å²) in [5.74, 6) is 0.0387. The summed E-state index contributed by atoms with van der Waals surface area (Å²) in [5, 5.41) is 21.7. The van der Waals surface area contributed by atoms with Crippen LogP contribution in [-0.4, -0.2) is 23.3 Å². The number of aromatic hydroxyl groups is 2. The van der Waals surface area contributed by atoms with Gasteiger partial charge in [0.2, 0.25) is 0 Å². The van der Waals surface area contributed by atoms with Gasteiger partial charge < -0.3 is 19.7 Å². The molecular weight excluding hydrogens is 428 g/mol. The Balaban J connectivity index is 1.84. The average Bonchev–Trinajstić information content (AvgIpc) is 2.82. The number of phenolic OH excluding ortho intramolecular Hbond substituents is 2. The van der Waals surface area contributed by atoms with Gasteiger partial charge in [-0.25, -0.2) is 4.79 Å². The van der Waals surface area contributed by atoms with Gasteiger partial charge in [0.05, 0.1) is 7.11 Å². The topological polar surface area (TPSA) is 76.0 Å². The second-order valence-corrected chi connectivity index (χ2v) is 9.10. The summed E-state index contributed by atoms with van der Waals surface area (Å²) in [7, 11) is 1.58. The highest BCUT2D eigenvalue weighted by Crippen LogP contribution is 2.46. The van der Waals surface area contributed by atoms with E-state index in [1.807, 2.05) is 37.3 Å². The number of hydrogen-bond acceptors (Lipinski definition) is 5. The van der Waals surface area contributed by atoms with E-state index in [2.05, 4.69) is 13.5 Å². The van der Waals surface area contributed by atoms with Crippen molar-refractivity contribution in [3.63, 3.8) is 0 Å². The minimum absolute atomic E-state index is 0.00788. The maximum atomic E-state index is 12.9. The number of esters is 1. The zero-order chi connectivity index (χ0) is 24.7. The van der Waals surface area contributed by atoms with Gasteiger partial charge in [-0.3, -0.25) is 0 Å². The molecule has 0 radical (unpaired) electrons. The van der Waals surface area contributed by atoms with Gasteiger partial charge in [0.25, 0.3) is 0 Å². The van der Waals surface area contributed by atoms with E-state index in [9.17, 15) is 15.0 Å². The van der Waals surface area contributed by atoms with Gasteiger partial charge in [0.1, 0.15) is 23.9 Å². The third-order valence-electron chi connectivity index (χ3n) is 6.58. The van der Waals surface area contributed by atoms with Gasteiger partial charge in [0, 0.05) is 22.6 Å². The fourth-order valence-electron chi connectivity index (χ4n) is 4.72. The van der Waals surface area contributed by atoms with Gasteiger partial charge in [0.15, 0.2) is 0 Å². The maximum absolute atomic E-state index is 12.9. The molecule has 0 saturated heterocycles. The fourth-order valence-corrected chi connectivity index (χ4v) is 4.72. The predicted molar refractivity (Wildman–Crippen MR) is 134 cm³/mol. The zero-order valence-electron chi connectivity index (χ0n) is 20.5. The Hall–Kier alpha value is -3.21. The fraction of sp³-hybridized carbons (Fsp3) is 0.414. The van der Waals surface area contributed by atoms with Crippen molar-refractivity contribution in [2.75, 3.05) is 7.11 Å². The molecule has 0 amide bonds. The molecule has 0 fully saturated rings. The molecule has 0 heterocycles. The van der Waals surface area contributed by atoms with Crippen molar-refractivity contribution in [2.45, 2.75) is 64.9 Å². The summed E-state index contributed by atoms with van der Waals surface area (Å²) in [4.78, 5) is 12.9. The number of rotatable bonds is 10. The Morgan fingerprint density at radius 1 is 1.15 bits per heavy atom. The van der Waals surface area contributed by atoms with E-state index in [-0.39, 0.29) is 29.9 Å². The molecule has 2 atom stereocenters. The first-order valence-corrected chi connectivity index (χ1v) is 12.1. The highest BCUT2D eigenvalue weighted by molar-refractivity contribution is 5.89. The molecule has 0 aliphatic heterocycles. The lowest BCUT2D eigenvalue weighted by molar-refractivity contribution is -0.140. The van der Waals surface area contributed by atoms with Crippen LogP contribution in [0, 0.1) is 5.92 Å². The number of benzene rings is 2. The summed E-state index contributed by atoms with van der Waals surface area (Å²) in [6.45, 7) is 8.32. The third kappa shape index (κ3) is 6.02. The first-order chi connectivity index (χ1) is 16.3. The molecule has 34 heavy (non-hydrogen) atoms. The van der Waals surface area contributed by atoms with Crippen molar-refractivity contribution in [1.82, 2.24) is 0 Å². The van der Waals surface area contributed by atoms with E-state index in [0.717, 1.165) is 42.4 Å². The van der Waals surface area contributed by atoms with Crippen LogP contribution in [0.2, 0.25) is 0 Å². The molecule has 5 nitrogen and oxygen atoms in total. The molecule has 1 aliphatic rings. The lowest BCUT2D eigenvalue weighted by atomic mass is 9.73. The van der Waals surface area contributed by atoms with Gasteiger partial charge >= 0.3 is 5.97 Å². The molecule has 5 heteroatoms. The largest absolute Gasteiger partial charge is 0.507 e. The Labute approximate surface area is 202 Å². The molecule has 2 N–H and O–H groups in total. The van der Waals surface area contributed by atoms with Crippen molar-refractivity contribution >= 4 is 5.97 Å². The smallest absolute Gasteiger partial charge is 0.334 e. The number of aryl methyl sites for hydroxylation is 1. The second kappa shape index (κ2) is 11.8. The van der Waals surface area contributed by atoms with E-state index in [4.69, 9.17) is 9.47 Å². The highest BCUT2D eigenvalue weighted by Gasteiger charge is 2.33. The number of hydrogen-bond donors (Lipinski definition) is 2. The number of carbonyl (C=O) groups is 1. The van der Waals surface area contributed by atoms with Gasteiger partial charge in [-0.1, -0.05) is 56.2 Å². The highest BCUT2D eigenvalue weighted by atomic mass is 16.5. The van der Waals surface area contributed by atoms with Crippen LogP contribution in [0.1, 0.15) is 68.6 Å². The van der Waals surface area contributed by atoms with Gasteiger partial charge in [-0.05, 0) is 62.3 Å². The van der Waals surface area contributed by atoms with Crippen LogP contribution in [0.15, 0.2) is 60.2 Å². The summed E-state index contributed by atoms with van der Waals surface area (Å²) in [5.41, 5.74) is 3.65. The number of phenols is 2. The van der Waals surface area contributed by atoms with Crippen LogP contribution in [0.3, 0.4) is 0 Å². The average molecular weight is 465 g/mol. The Bertz CT molecular complexity index is 1030. The summed E-state index contributed by atoms with van der Waals surface area (Å²) < 4.78 is 10.9. The predicted octanol–water partition coefficient (Wildman–Crippen LogP) is 6.58. The number of ether oxygens (including phenoxy) is 2. The number of para-hydroxylation sites is 1. The van der Waals surface area contributed by atoms with Crippen molar-refractivity contribution in [3.8, 4) is 17.2 Å². The number of unbranched alkanes of at least 4 members (excludes halogenated alkanes) is 2. The molecule has 0 spiro atoms. The molecular formula is C29H36O5. The van der Waals surface area contributed by atoms with Gasteiger partial charge in [-0.15, -0.1) is 0 Å². The van der Waals surface area contributed by atoms with Crippen LogP contribution in [0.4, 0.5) is 0 Å². The minimum Gasteiger partial charge on any atom is -0.507 e. The normalized spacial score (nSPS) is 17.7. The van der Waals surface area contributed by atoms with Crippen LogP contribution in [-0.2, 0) is 22.6 Å². The lowest BCUT2D eigenvalue weighted by Crippen LogP contribution is -2.21. The molecule has 0 aromatic heterocycles. The standard InChI is InChI=1S/C29H36O5/c1-5-6-7-10-20-15-25(30)28(26(31)16-20)24-17-21(13-14-23(24)19(2)3)29(32)34-18-22-11-8-9-12-27(22)33-4/h8-9,11-12,15-17,23-24,30-31H,2,5-7,10,13-14,18H2,1,3-4H3/t23-,24+/m0/s1. The molecule has 0 unspecified atom stereocenters. The Kier molecular flexibility index (Phi) is 8.80. The SMILES string of the molecule is C=C(C)[C@@H]1CCC(C(=O)OCc2ccccc2OC)=C[C@H]1c1c(O)cc(CCCCC)cc1O. The van der Waals surface area contributed by atoms with Crippen LogP contribution < -0.4 is 4.74 Å². The molecule has 0 bridgehead atoms. The Morgan fingerprint density at radius 2 is 1.85 bits per heavy atom. The monoisotopic (exact) mass is 464 g/mol. The summed E-state index contributed by atoms with van der Waals surface area (Å²) >= 11 is 0. The molecule has 0 saturated carbocycles.